The van der Waals surface area contributed by atoms with Gasteiger partial charge in [-0.3, -0.25) is 10.1 Å². The van der Waals surface area contributed by atoms with Crippen LogP contribution in [-0.2, 0) is 0 Å². The number of carbonyl (C=O) groups is 1. The van der Waals surface area contributed by atoms with Crippen molar-refractivity contribution in [1.29, 1.82) is 0 Å². The van der Waals surface area contributed by atoms with Crippen LogP contribution in [0, 0.1) is 0 Å². The third kappa shape index (κ3) is 3.76. The molecule has 0 bridgehead atoms. The van der Waals surface area contributed by atoms with Crippen molar-refractivity contribution < 1.29 is 9.53 Å². The quantitative estimate of drug-likeness (QED) is 0.848. The number of benzene rings is 1. The number of hydrogen-bond acceptors (Lipinski definition) is 4. The summed E-state index contributed by atoms with van der Waals surface area (Å²) in [5.74, 6) is 0.249. The van der Waals surface area contributed by atoms with Crippen molar-refractivity contribution in [2.75, 3.05) is 12.4 Å². The lowest BCUT2D eigenvalue weighted by Crippen LogP contribution is -2.34. The van der Waals surface area contributed by atoms with Gasteiger partial charge in [0.2, 0.25) is 5.88 Å². The molecule has 1 heterocycles. The molecule has 1 aromatic heterocycles. The first kappa shape index (κ1) is 14.0. The molecule has 5 nitrogen and oxygen atoms in total. The van der Waals surface area contributed by atoms with Crippen molar-refractivity contribution in [2.24, 2.45) is 0 Å². The molecule has 0 saturated carbocycles. The molecule has 0 radical (unpaired) electrons. The molecular formula is C14H13N3O2S. The van der Waals surface area contributed by atoms with Gasteiger partial charge >= 0.3 is 0 Å². The molecule has 0 fully saturated rings. The Hall–Kier alpha value is -2.47. The Kier molecular flexibility index (Phi) is 4.62. The summed E-state index contributed by atoms with van der Waals surface area (Å²) in [7, 11) is 1.54. The van der Waals surface area contributed by atoms with Crippen molar-refractivity contribution in [2.45, 2.75) is 0 Å². The number of methoxy groups -OCH3 is 1. The first-order valence-corrected chi connectivity index (χ1v) is 6.27. The molecule has 0 unspecified atom stereocenters. The van der Waals surface area contributed by atoms with Crippen LogP contribution >= 0.6 is 12.2 Å². The average Bonchev–Trinajstić information content (AvgIpc) is 2.49. The van der Waals surface area contributed by atoms with Gasteiger partial charge in [0.15, 0.2) is 5.11 Å². The van der Waals surface area contributed by atoms with Crippen LogP contribution in [0.5, 0.6) is 5.88 Å². The Balaban J connectivity index is 1.93. The van der Waals surface area contributed by atoms with Gasteiger partial charge in [0, 0.05) is 11.6 Å². The van der Waals surface area contributed by atoms with Crippen LogP contribution in [0.15, 0.2) is 48.7 Å². The molecule has 0 aliphatic heterocycles. The number of ether oxygens (including phenoxy) is 1. The lowest BCUT2D eigenvalue weighted by molar-refractivity contribution is 0.0977. The van der Waals surface area contributed by atoms with Gasteiger partial charge in [-0.05, 0) is 30.4 Å². The number of aromatic nitrogens is 1. The molecule has 20 heavy (non-hydrogen) atoms. The fourth-order valence-corrected chi connectivity index (χ4v) is 1.71. The highest BCUT2D eigenvalue weighted by molar-refractivity contribution is 7.80. The summed E-state index contributed by atoms with van der Waals surface area (Å²) < 4.78 is 4.96. The number of carbonyl (C=O) groups excluding carboxylic acids is 1. The molecule has 0 spiro atoms. The van der Waals surface area contributed by atoms with Gasteiger partial charge in [0.25, 0.3) is 5.91 Å². The lowest BCUT2D eigenvalue weighted by atomic mass is 10.2. The zero-order chi connectivity index (χ0) is 14.4. The van der Waals surface area contributed by atoms with E-state index in [4.69, 9.17) is 17.0 Å². The molecule has 0 atom stereocenters. The predicted molar refractivity (Wildman–Crippen MR) is 80.9 cm³/mol. The zero-order valence-electron chi connectivity index (χ0n) is 10.8. The van der Waals surface area contributed by atoms with E-state index in [0.29, 0.717) is 17.1 Å². The summed E-state index contributed by atoms with van der Waals surface area (Å²) in [6.45, 7) is 0. The second-order valence-electron chi connectivity index (χ2n) is 3.86. The van der Waals surface area contributed by atoms with Gasteiger partial charge in [-0.2, -0.15) is 0 Å². The van der Waals surface area contributed by atoms with Crippen molar-refractivity contribution in [3.05, 3.63) is 54.2 Å². The van der Waals surface area contributed by atoms with Crippen LogP contribution in [0.1, 0.15) is 10.4 Å². The van der Waals surface area contributed by atoms with Gasteiger partial charge in [-0.25, -0.2) is 4.98 Å². The van der Waals surface area contributed by atoms with Crippen molar-refractivity contribution >= 4 is 28.9 Å². The minimum atomic E-state index is -0.260. The molecule has 2 N–H and O–H groups in total. The third-order valence-electron chi connectivity index (χ3n) is 2.47. The molecule has 0 aliphatic carbocycles. The number of nitrogens with zero attached hydrogens (tertiary/aromatic N) is 1. The van der Waals surface area contributed by atoms with Crippen molar-refractivity contribution in [3.63, 3.8) is 0 Å². The third-order valence-corrected chi connectivity index (χ3v) is 2.67. The minimum absolute atomic E-state index is 0.214. The highest BCUT2D eigenvalue weighted by Gasteiger charge is 2.07. The number of nitrogens with one attached hydrogen (secondary N) is 2. The molecule has 6 heteroatoms. The van der Waals surface area contributed by atoms with Gasteiger partial charge in [0.05, 0.1) is 19.0 Å². The molecule has 2 rings (SSSR count). The van der Waals surface area contributed by atoms with Crippen LogP contribution < -0.4 is 15.4 Å². The standard InChI is InChI=1S/C14H13N3O2S/c1-19-12-8-7-11(9-15-12)16-14(20)17-13(18)10-5-3-2-4-6-10/h2-9H,1H3,(H2,16,17,18,20). The first-order chi connectivity index (χ1) is 9.69. The molecular weight excluding hydrogens is 274 g/mol. The molecule has 1 aromatic carbocycles. The number of rotatable bonds is 3. The Bertz CT molecular complexity index is 600. The highest BCUT2D eigenvalue weighted by atomic mass is 32.1. The Labute approximate surface area is 122 Å². The van der Waals surface area contributed by atoms with Crippen LogP contribution in [0.25, 0.3) is 0 Å². The van der Waals surface area contributed by atoms with Crippen LogP contribution in [0.3, 0.4) is 0 Å². The maximum absolute atomic E-state index is 11.9. The van der Waals surface area contributed by atoms with Gasteiger partial charge < -0.3 is 10.1 Å². The second kappa shape index (κ2) is 6.63. The van der Waals surface area contributed by atoms with E-state index in [-0.39, 0.29) is 11.0 Å². The fraction of sp³-hybridized carbons (Fsp3) is 0.0714. The highest BCUT2D eigenvalue weighted by Crippen LogP contribution is 2.10. The summed E-state index contributed by atoms with van der Waals surface area (Å²) in [4.78, 5) is 15.9. The van der Waals surface area contributed by atoms with Crippen molar-refractivity contribution in [1.82, 2.24) is 10.3 Å². The first-order valence-electron chi connectivity index (χ1n) is 5.86. The SMILES string of the molecule is COc1ccc(NC(=S)NC(=O)c2ccccc2)cn1. The Morgan fingerprint density at radius 1 is 1.20 bits per heavy atom. The summed E-state index contributed by atoms with van der Waals surface area (Å²) in [6, 6.07) is 12.3. The summed E-state index contributed by atoms with van der Waals surface area (Å²) in [6.07, 6.45) is 1.57. The normalized spacial score (nSPS) is 9.65. The van der Waals surface area contributed by atoms with E-state index in [1.807, 2.05) is 6.07 Å². The van der Waals surface area contributed by atoms with E-state index in [1.54, 1.807) is 49.7 Å². The average molecular weight is 287 g/mol. The van der Waals surface area contributed by atoms with Crippen LogP contribution in [0.2, 0.25) is 0 Å². The summed E-state index contributed by atoms with van der Waals surface area (Å²) in [5.41, 5.74) is 1.22. The van der Waals surface area contributed by atoms with E-state index in [2.05, 4.69) is 15.6 Å². The van der Waals surface area contributed by atoms with Gasteiger partial charge in [-0.15, -0.1) is 0 Å². The number of hydrogen-bond donors (Lipinski definition) is 2. The van der Waals surface area contributed by atoms with E-state index >= 15 is 0 Å². The van der Waals surface area contributed by atoms with E-state index in [9.17, 15) is 4.79 Å². The van der Waals surface area contributed by atoms with E-state index in [1.165, 1.54) is 0 Å². The molecule has 0 saturated heterocycles. The van der Waals surface area contributed by atoms with Gasteiger partial charge in [0.1, 0.15) is 0 Å². The van der Waals surface area contributed by atoms with Crippen molar-refractivity contribution in [3.8, 4) is 5.88 Å². The topological polar surface area (TPSA) is 63.2 Å². The predicted octanol–water partition coefficient (Wildman–Crippen LogP) is 2.22. The molecule has 2 aromatic rings. The summed E-state index contributed by atoms with van der Waals surface area (Å²) >= 11 is 5.07. The van der Waals surface area contributed by atoms with E-state index in [0.717, 1.165) is 0 Å². The second-order valence-corrected chi connectivity index (χ2v) is 4.27. The monoisotopic (exact) mass is 287 g/mol. The van der Waals surface area contributed by atoms with E-state index < -0.39 is 0 Å². The smallest absolute Gasteiger partial charge is 0.257 e. The number of anilines is 1. The number of pyridine rings is 1. The Morgan fingerprint density at radius 3 is 2.55 bits per heavy atom. The summed E-state index contributed by atoms with van der Waals surface area (Å²) in [5, 5.41) is 5.68. The molecule has 102 valence electrons. The van der Waals surface area contributed by atoms with Gasteiger partial charge in [-0.1, -0.05) is 18.2 Å². The minimum Gasteiger partial charge on any atom is -0.481 e. The van der Waals surface area contributed by atoms with Crippen LogP contribution in [-0.4, -0.2) is 23.1 Å². The molecule has 1 amide bonds. The number of amides is 1. The zero-order valence-corrected chi connectivity index (χ0v) is 11.6. The fourth-order valence-electron chi connectivity index (χ4n) is 1.50. The number of thiocarbonyl (C=S) groups is 1. The maximum Gasteiger partial charge on any atom is 0.257 e. The lowest BCUT2D eigenvalue weighted by Gasteiger charge is -2.09. The molecule has 0 aliphatic rings. The Morgan fingerprint density at radius 2 is 1.95 bits per heavy atom. The maximum atomic E-state index is 11.9. The largest absolute Gasteiger partial charge is 0.481 e. The van der Waals surface area contributed by atoms with Crippen LogP contribution in [0.4, 0.5) is 5.69 Å².